The van der Waals surface area contributed by atoms with E-state index in [1.807, 2.05) is 0 Å². The third-order valence-electron chi connectivity index (χ3n) is 6.10. The number of furan rings is 1. The van der Waals surface area contributed by atoms with Gasteiger partial charge in [-0.2, -0.15) is 18.3 Å². The first-order valence-corrected chi connectivity index (χ1v) is 10.6. The number of likely N-dealkylation sites (tertiary alicyclic amines) is 1. The summed E-state index contributed by atoms with van der Waals surface area (Å²) >= 11 is 0. The number of fused-ring (bicyclic) bond motifs is 2. The molecule has 1 aliphatic rings. The van der Waals surface area contributed by atoms with Gasteiger partial charge in [-0.15, -0.1) is 0 Å². The molecule has 0 atom stereocenters. The highest BCUT2D eigenvalue weighted by Gasteiger charge is 2.33. The first-order valence-electron chi connectivity index (χ1n) is 10.6. The molecule has 3 aromatic heterocycles. The summed E-state index contributed by atoms with van der Waals surface area (Å²) in [6, 6.07) is 5.15. The van der Waals surface area contributed by atoms with Crippen LogP contribution < -0.4 is 0 Å². The van der Waals surface area contributed by atoms with Crippen LogP contribution >= 0.6 is 0 Å². The van der Waals surface area contributed by atoms with Gasteiger partial charge in [0.05, 0.1) is 11.1 Å². The van der Waals surface area contributed by atoms with Crippen molar-refractivity contribution in [2.24, 2.45) is 0 Å². The molecule has 0 radical (unpaired) electrons. The van der Waals surface area contributed by atoms with Gasteiger partial charge in [0, 0.05) is 35.6 Å². The number of piperidine rings is 1. The van der Waals surface area contributed by atoms with Gasteiger partial charge in [-0.05, 0) is 44.0 Å². The van der Waals surface area contributed by atoms with Crippen LogP contribution in [0.5, 0.6) is 0 Å². The second-order valence-electron chi connectivity index (χ2n) is 8.79. The monoisotopic (exact) mass is 476 g/mol. The predicted molar refractivity (Wildman–Crippen MR) is 115 cm³/mol. The van der Waals surface area contributed by atoms with Gasteiger partial charge in [0.1, 0.15) is 35.6 Å². The van der Waals surface area contributed by atoms with Crippen molar-refractivity contribution in [3.8, 4) is 11.3 Å². The Balaban J connectivity index is 1.60. The normalized spacial score (nSPS) is 16.5. The minimum Gasteiger partial charge on any atom is -0.464 e. The minimum absolute atomic E-state index is 0.0213. The van der Waals surface area contributed by atoms with Crippen LogP contribution in [0, 0.1) is 5.82 Å². The average molecular weight is 476 g/mol. The van der Waals surface area contributed by atoms with Crippen LogP contribution in [0.3, 0.4) is 0 Å². The number of hydrogen-bond acceptors (Lipinski definition) is 5. The zero-order valence-corrected chi connectivity index (χ0v) is 18.1. The molecule has 0 bridgehead atoms. The number of aromatic nitrogens is 3. The Hall–Kier alpha value is -3.47. The van der Waals surface area contributed by atoms with Crippen molar-refractivity contribution < 1.29 is 31.9 Å². The zero-order chi connectivity index (χ0) is 24.3. The SMILES string of the molecule is CC1(O)CCN(C(=O)c2cc3c(cn2)c(-c2coc4ccc(F)cc24)nn3CC(F)(F)F)CC1. The molecule has 7 nitrogen and oxygen atoms in total. The van der Waals surface area contributed by atoms with Gasteiger partial charge < -0.3 is 14.4 Å². The van der Waals surface area contributed by atoms with Crippen LogP contribution in [0.1, 0.15) is 30.3 Å². The summed E-state index contributed by atoms with van der Waals surface area (Å²) < 4.78 is 60.0. The van der Waals surface area contributed by atoms with Crippen molar-refractivity contribution in [3.05, 3.63) is 48.2 Å². The average Bonchev–Trinajstić information content (AvgIpc) is 3.32. The molecule has 5 rings (SSSR count). The summed E-state index contributed by atoms with van der Waals surface area (Å²) in [5.41, 5.74) is 0.00751. The van der Waals surface area contributed by atoms with Crippen molar-refractivity contribution in [1.82, 2.24) is 19.7 Å². The Morgan fingerprint density at radius 3 is 2.65 bits per heavy atom. The summed E-state index contributed by atoms with van der Waals surface area (Å²) in [7, 11) is 0. The van der Waals surface area contributed by atoms with Crippen molar-refractivity contribution >= 4 is 27.8 Å². The van der Waals surface area contributed by atoms with Crippen LogP contribution in [0.4, 0.5) is 17.6 Å². The molecule has 34 heavy (non-hydrogen) atoms. The van der Waals surface area contributed by atoms with Gasteiger partial charge in [0.15, 0.2) is 0 Å². The van der Waals surface area contributed by atoms with E-state index < -0.39 is 30.0 Å². The van der Waals surface area contributed by atoms with Gasteiger partial charge in [-0.3, -0.25) is 14.5 Å². The third-order valence-corrected chi connectivity index (χ3v) is 6.10. The van der Waals surface area contributed by atoms with Crippen molar-refractivity contribution in [1.29, 1.82) is 0 Å². The highest BCUT2D eigenvalue weighted by atomic mass is 19.4. The quantitative estimate of drug-likeness (QED) is 0.439. The Kier molecular flexibility index (Phi) is 5.12. The van der Waals surface area contributed by atoms with E-state index in [2.05, 4.69) is 10.1 Å². The van der Waals surface area contributed by atoms with E-state index in [1.54, 1.807) is 6.92 Å². The summed E-state index contributed by atoms with van der Waals surface area (Å²) in [6.07, 6.45) is -1.17. The van der Waals surface area contributed by atoms with E-state index in [9.17, 15) is 27.5 Å². The van der Waals surface area contributed by atoms with Crippen molar-refractivity contribution in [2.45, 2.75) is 38.1 Å². The molecular formula is C23H20F4N4O3. The van der Waals surface area contributed by atoms with Crippen LogP contribution in [0.25, 0.3) is 33.1 Å². The predicted octanol–water partition coefficient (Wildman–Crippen LogP) is 4.53. The molecule has 1 N–H and O–H groups in total. The van der Waals surface area contributed by atoms with E-state index in [4.69, 9.17) is 4.42 Å². The molecule has 1 saturated heterocycles. The van der Waals surface area contributed by atoms with Crippen LogP contribution in [0.2, 0.25) is 0 Å². The summed E-state index contributed by atoms with van der Waals surface area (Å²) in [4.78, 5) is 18.7. The van der Waals surface area contributed by atoms with Gasteiger partial charge >= 0.3 is 6.18 Å². The lowest BCUT2D eigenvalue weighted by atomic mass is 9.94. The number of rotatable bonds is 3. The number of amides is 1. The maximum atomic E-state index is 13.8. The maximum absolute atomic E-state index is 13.8. The molecule has 11 heteroatoms. The first kappa shape index (κ1) is 22.3. The summed E-state index contributed by atoms with van der Waals surface area (Å²) in [6.45, 7) is 0.941. The highest BCUT2D eigenvalue weighted by Crippen LogP contribution is 2.36. The molecule has 4 aromatic rings. The lowest BCUT2D eigenvalue weighted by Gasteiger charge is -2.35. The third kappa shape index (κ3) is 4.11. The van der Waals surface area contributed by atoms with Gasteiger partial charge in [-0.25, -0.2) is 4.39 Å². The standard InChI is InChI=1S/C23H20F4N4O3/c1-22(33)4-6-30(7-5-22)21(32)17-9-18-15(10-28-17)20(29-31(18)12-23(25,26)27)16-11-34-19-3-2-13(24)8-14(16)19/h2-3,8-11,33H,4-7,12H2,1H3. The van der Waals surface area contributed by atoms with E-state index in [0.717, 1.165) is 4.68 Å². The summed E-state index contributed by atoms with van der Waals surface area (Å²) in [5, 5.41) is 14.9. The zero-order valence-electron chi connectivity index (χ0n) is 18.1. The van der Waals surface area contributed by atoms with E-state index in [-0.39, 0.29) is 22.3 Å². The second-order valence-corrected chi connectivity index (χ2v) is 8.79. The highest BCUT2D eigenvalue weighted by molar-refractivity contribution is 6.03. The Morgan fingerprint density at radius 2 is 1.94 bits per heavy atom. The summed E-state index contributed by atoms with van der Waals surface area (Å²) in [5.74, 6) is -0.963. The van der Waals surface area contributed by atoms with Crippen LogP contribution in [-0.2, 0) is 6.54 Å². The Labute approximate surface area is 190 Å². The van der Waals surface area contributed by atoms with Gasteiger partial charge in [0.2, 0.25) is 0 Å². The first-order chi connectivity index (χ1) is 16.0. The number of benzene rings is 1. The second kappa shape index (κ2) is 7.79. The van der Waals surface area contributed by atoms with Crippen LogP contribution in [0.15, 0.2) is 41.1 Å². The Bertz CT molecular complexity index is 1400. The van der Waals surface area contributed by atoms with Crippen LogP contribution in [-0.4, -0.2) is 55.5 Å². The fourth-order valence-corrected chi connectivity index (χ4v) is 4.21. The number of alkyl halides is 3. The molecule has 4 heterocycles. The van der Waals surface area contributed by atoms with Gasteiger partial charge in [-0.1, -0.05) is 0 Å². The number of pyridine rings is 1. The molecule has 1 aromatic carbocycles. The van der Waals surface area contributed by atoms with Crippen molar-refractivity contribution in [3.63, 3.8) is 0 Å². The minimum atomic E-state index is -4.56. The molecule has 0 unspecified atom stereocenters. The molecule has 178 valence electrons. The lowest BCUT2D eigenvalue weighted by molar-refractivity contribution is -0.141. The topological polar surface area (TPSA) is 84.4 Å². The molecular weight excluding hydrogens is 456 g/mol. The largest absolute Gasteiger partial charge is 0.464 e. The smallest absolute Gasteiger partial charge is 0.408 e. The molecule has 1 aliphatic heterocycles. The van der Waals surface area contributed by atoms with E-state index in [1.165, 1.54) is 41.6 Å². The maximum Gasteiger partial charge on any atom is 0.408 e. The number of nitrogens with zero attached hydrogens (tertiary/aromatic N) is 4. The fraction of sp³-hybridized carbons (Fsp3) is 0.348. The van der Waals surface area contributed by atoms with Crippen molar-refractivity contribution in [2.75, 3.05) is 13.1 Å². The Morgan fingerprint density at radius 1 is 1.21 bits per heavy atom. The lowest BCUT2D eigenvalue weighted by Crippen LogP contribution is -2.45. The van der Waals surface area contributed by atoms with E-state index in [0.29, 0.717) is 42.5 Å². The number of halogens is 4. The van der Waals surface area contributed by atoms with E-state index >= 15 is 0 Å². The molecule has 0 saturated carbocycles. The van der Waals surface area contributed by atoms with Gasteiger partial charge in [0.25, 0.3) is 5.91 Å². The molecule has 1 fully saturated rings. The molecule has 0 spiro atoms. The number of carbonyl (C=O) groups is 1. The molecule has 1 amide bonds. The molecule has 0 aliphatic carbocycles. The number of aliphatic hydroxyl groups is 1. The number of carbonyl (C=O) groups excluding carboxylic acids is 1. The number of hydrogen-bond donors (Lipinski definition) is 1. The fourth-order valence-electron chi connectivity index (χ4n) is 4.21.